The van der Waals surface area contributed by atoms with Gasteiger partial charge in [-0.3, -0.25) is 4.79 Å². The zero-order valence-electron chi connectivity index (χ0n) is 12.9. The molecule has 0 atom stereocenters. The van der Waals surface area contributed by atoms with Crippen molar-refractivity contribution < 1.29 is 9.90 Å². The fourth-order valence-corrected chi connectivity index (χ4v) is 2.30. The number of hydrogen-bond acceptors (Lipinski definition) is 3. The zero-order chi connectivity index (χ0) is 15.8. The molecule has 0 heterocycles. The molecule has 2 aromatic carbocycles. The summed E-state index contributed by atoms with van der Waals surface area (Å²) in [5.41, 5.74) is 2.70. The summed E-state index contributed by atoms with van der Waals surface area (Å²) in [6, 6.07) is 10.9. The molecule has 0 saturated carbocycles. The van der Waals surface area contributed by atoms with Crippen LogP contribution in [0.5, 0.6) is 5.75 Å². The minimum Gasteiger partial charge on any atom is -0.507 e. The summed E-state index contributed by atoms with van der Waals surface area (Å²) in [4.78, 5) is 12.1. The Hall–Kier alpha value is -2.36. The average molecular weight is 298 g/mol. The van der Waals surface area contributed by atoms with Crippen molar-refractivity contribution in [1.29, 1.82) is 0 Å². The molecule has 22 heavy (non-hydrogen) atoms. The molecule has 2 aromatic rings. The Bertz CT molecular complexity index is 665. The van der Waals surface area contributed by atoms with E-state index in [0.717, 1.165) is 23.6 Å². The lowest BCUT2D eigenvalue weighted by atomic mass is 10.1. The molecule has 0 aliphatic carbocycles. The molecule has 0 spiro atoms. The fraction of sp³-hybridized carbons (Fsp3) is 0.333. The molecule has 2 rings (SSSR count). The first kappa shape index (κ1) is 16.0. The second-order valence-corrected chi connectivity index (χ2v) is 5.32. The molecule has 0 saturated heterocycles. The number of phenolic OH excluding ortho intramolecular Hbond substituents is 1. The quantitative estimate of drug-likeness (QED) is 0.456. The average Bonchev–Trinajstić information content (AvgIpc) is 2.53. The summed E-state index contributed by atoms with van der Waals surface area (Å²) in [5, 5.41) is 15.7. The van der Waals surface area contributed by atoms with Gasteiger partial charge in [0.2, 0.25) is 0 Å². The number of carbonyl (C=O) groups is 1. The predicted molar refractivity (Wildman–Crippen MR) is 90.3 cm³/mol. The van der Waals surface area contributed by atoms with E-state index < -0.39 is 5.91 Å². The Morgan fingerprint density at radius 2 is 1.91 bits per heavy atom. The molecule has 0 bridgehead atoms. The van der Waals surface area contributed by atoms with Crippen LogP contribution in [0, 0.1) is 0 Å². The summed E-state index contributed by atoms with van der Waals surface area (Å²) in [7, 11) is 0. The van der Waals surface area contributed by atoms with Crippen LogP contribution in [0.15, 0.2) is 41.5 Å². The van der Waals surface area contributed by atoms with Gasteiger partial charge in [0.15, 0.2) is 0 Å². The highest BCUT2D eigenvalue weighted by atomic mass is 16.3. The van der Waals surface area contributed by atoms with Gasteiger partial charge in [0.1, 0.15) is 5.75 Å². The van der Waals surface area contributed by atoms with Crippen LogP contribution in [0.3, 0.4) is 0 Å². The van der Waals surface area contributed by atoms with E-state index in [-0.39, 0.29) is 11.3 Å². The molecular formula is C18H22N2O2. The van der Waals surface area contributed by atoms with Gasteiger partial charge in [0.25, 0.3) is 5.91 Å². The van der Waals surface area contributed by atoms with Crippen LogP contribution in [0.4, 0.5) is 0 Å². The lowest BCUT2D eigenvalue weighted by Crippen LogP contribution is -2.17. The first-order chi connectivity index (χ1) is 10.7. The normalized spacial score (nSPS) is 11.1. The minimum absolute atomic E-state index is 0.0330. The summed E-state index contributed by atoms with van der Waals surface area (Å²) in [5.74, 6) is -0.428. The van der Waals surface area contributed by atoms with Crippen molar-refractivity contribution in [2.24, 2.45) is 5.10 Å². The highest BCUT2D eigenvalue weighted by molar-refractivity contribution is 6.01. The third kappa shape index (κ3) is 4.32. The van der Waals surface area contributed by atoms with Gasteiger partial charge in [-0.2, -0.15) is 5.10 Å². The van der Waals surface area contributed by atoms with Gasteiger partial charge >= 0.3 is 0 Å². The number of unbranched alkanes of at least 4 members (excludes halogenated alkanes) is 4. The van der Waals surface area contributed by atoms with E-state index in [9.17, 15) is 9.90 Å². The number of amides is 1. The highest BCUT2D eigenvalue weighted by Crippen LogP contribution is 2.24. The van der Waals surface area contributed by atoms with Crippen LogP contribution in [-0.4, -0.2) is 17.2 Å². The SMILES string of the molecule is CCCCCCC=NNC(=O)c1cc2ccccc2cc1O. The third-order valence-electron chi connectivity index (χ3n) is 3.55. The van der Waals surface area contributed by atoms with E-state index in [0.29, 0.717) is 0 Å². The highest BCUT2D eigenvalue weighted by Gasteiger charge is 2.11. The molecule has 0 fully saturated rings. The summed E-state index contributed by atoms with van der Waals surface area (Å²) in [6.45, 7) is 2.17. The van der Waals surface area contributed by atoms with E-state index in [1.165, 1.54) is 19.3 Å². The van der Waals surface area contributed by atoms with Crippen LogP contribution >= 0.6 is 0 Å². The molecule has 1 amide bonds. The molecular weight excluding hydrogens is 276 g/mol. The van der Waals surface area contributed by atoms with Crippen molar-refractivity contribution in [3.05, 3.63) is 42.0 Å². The summed E-state index contributed by atoms with van der Waals surface area (Å²) >= 11 is 0. The van der Waals surface area contributed by atoms with Crippen LogP contribution in [0.1, 0.15) is 49.4 Å². The number of rotatable bonds is 7. The third-order valence-corrected chi connectivity index (χ3v) is 3.55. The number of carbonyl (C=O) groups excluding carboxylic acids is 1. The van der Waals surface area contributed by atoms with Crippen molar-refractivity contribution in [2.75, 3.05) is 0 Å². The van der Waals surface area contributed by atoms with Gasteiger partial charge in [-0.1, -0.05) is 50.5 Å². The maximum atomic E-state index is 12.1. The van der Waals surface area contributed by atoms with Crippen molar-refractivity contribution >= 4 is 22.9 Å². The zero-order valence-corrected chi connectivity index (χ0v) is 12.9. The molecule has 0 aromatic heterocycles. The maximum Gasteiger partial charge on any atom is 0.275 e. The molecule has 0 aliphatic heterocycles. The van der Waals surface area contributed by atoms with E-state index in [2.05, 4.69) is 17.5 Å². The van der Waals surface area contributed by atoms with E-state index in [1.54, 1.807) is 18.3 Å². The molecule has 116 valence electrons. The molecule has 4 heteroatoms. The topological polar surface area (TPSA) is 61.7 Å². The molecule has 0 radical (unpaired) electrons. The molecule has 2 N–H and O–H groups in total. The lowest BCUT2D eigenvalue weighted by Gasteiger charge is -2.05. The Morgan fingerprint density at radius 3 is 2.64 bits per heavy atom. The minimum atomic E-state index is -0.395. The molecule has 4 nitrogen and oxygen atoms in total. The first-order valence-electron chi connectivity index (χ1n) is 7.76. The van der Waals surface area contributed by atoms with Crippen molar-refractivity contribution in [2.45, 2.75) is 39.0 Å². The molecule has 0 unspecified atom stereocenters. The van der Waals surface area contributed by atoms with Crippen LogP contribution < -0.4 is 5.43 Å². The second-order valence-electron chi connectivity index (χ2n) is 5.32. The summed E-state index contributed by atoms with van der Waals surface area (Å²) < 4.78 is 0. The first-order valence-corrected chi connectivity index (χ1v) is 7.76. The van der Waals surface area contributed by atoms with E-state index in [1.807, 2.05) is 24.3 Å². The van der Waals surface area contributed by atoms with E-state index >= 15 is 0 Å². The van der Waals surface area contributed by atoms with Crippen molar-refractivity contribution in [3.63, 3.8) is 0 Å². The number of benzene rings is 2. The van der Waals surface area contributed by atoms with Crippen molar-refractivity contribution in [1.82, 2.24) is 5.43 Å². The fourth-order valence-electron chi connectivity index (χ4n) is 2.30. The van der Waals surface area contributed by atoms with Gasteiger partial charge < -0.3 is 5.11 Å². The number of nitrogens with zero attached hydrogens (tertiary/aromatic N) is 1. The number of phenols is 1. The largest absolute Gasteiger partial charge is 0.507 e. The van der Waals surface area contributed by atoms with Gasteiger partial charge in [-0.05, 0) is 35.7 Å². The van der Waals surface area contributed by atoms with Crippen LogP contribution in [0.2, 0.25) is 0 Å². The monoisotopic (exact) mass is 298 g/mol. The Balaban J connectivity index is 1.95. The smallest absolute Gasteiger partial charge is 0.275 e. The number of fused-ring (bicyclic) bond motifs is 1. The van der Waals surface area contributed by atoms with Gasteiger partial charge in [0, 0.05) is 6.21 Å². The summed E-state index contributed by atoms with van der Waals surface area (Å²) in [6.07, 6.45) is 7.26. The standard InChI is InChI=1S/C18H22N2O2/c1-2-3-4-5-8-11-19-20-18(22)16-12-14-9-6-7-10-15(14)13-17(16)21/h6-7,9-13,21H,2-5,8H2,1H3,(H,20,22). The number of aromatic hydroxyl groups is 1. The van der Waals surface area contributed by atoms with E-state index in [4.69, 9.17) is 0 Å². The Morgan fingerprint density at radius 1 is 1.18 bits per heavy atom. The van der Waals surface area contributed by atoms with Gasteiger partial charge in [-0.15, -0.1) is 0 Å². The van der Waals surface area contributed by atoms with Gasteiger partial charge in [-0.25, -0.2) is 5.43 Å². The van der Waals surface area contributed by atoms with Crippen LogP contribution in [-0.2, 0) is 0 Å². The maximum absolute atomic E-state index is 12.1. The number of nitrogens with one attached hydrogen (secondary N) is 1. The molecule has 0 aliphatic rings. The van der Waals surface area contributed by atoms with Gasteiger partial charge in [0.05, 0.1) is 5.56 Å². The number of hydrazone groups is 1. The van der Waals surface area contributed by atoms with Crippen LogP contribution in [0.25, 0.3) is 10.8 Å². The van der Waals surface area contributed by atoms with Crippen molar-refractivity contribution in [3.8, 4) is 5.75 Å². The second kappa shape index (κ2) is 8.17. The Labute approximate surface area is 130 Å². The lowest BCUT2D eigenvalue weighted by molar-refractivity contribution is 0.0952. The predicted octanol–water partition coefficient (Wildman–Crippen LogP) is 4.23. The number of hydrogen-bond donors (Lipinski definition) is 2. The Kier molecular flexibility index (Phi) is 5.95.